The first-order chi connectivity index (χ1) is 19.6. The fourth-order valence-corrected chi connectivity index (χ4v) is 5.46. The summed E-state index contributed by atoms with van der Waals surface area (Å²) in [7, 11) is -3.88. The predicted octanol–water partition coefficient (Wildman–Crippen LogP) is 4.72. The number of hydrogen-bond acceptors (Lipinski definition) is 5. The lowest BCUT2D eigenvalue weighted by Gasteiger charge is -2.34. The highest BCUT2D eigenvalue weighted by atomic mass is 32.2. The third-order valence-corrected chi connectivity index (χ3v) is 7.78. The molecule has 3 aromatic rings. The molecule has 3 aromatic carbocycles. The summed E-state index contributed by atoms with van der Waals surface area (Å²) < 4.78 is 32.8. The second-order valence-electron chi connectivity index (χ2n) is 10.0. The van der Waals surface area contributed by atoms with Gasteiger partial charge in [0, 0.05) is 19.5 Å². The summed E-state index contributed by atoms with van der Waals surface area (Å²) >= 11 is 0. The third kappa shape index (κ3) is 9.35. The first kappa shape index (κ1) is 31.7. The smallest absolute Gasteiger partial charge is 0.244 e. The maximum Gasteiger partial charge on any atom is 0.244 e. The van der Waals surface area contributed by atoms with Gasteiger partial charge in [0.2, 0.25) is 21.8 Å². The van der Waals surface area contributed by atoms with Crippen molar-refractivity contribution in [1.82, 2.24) is 10.2 Å². The predicted molar refractivity (Wildman–Crippen MR) is 163 cm³/mol. The van der Waals surface area contributed by atoms with Crippen LogP contribution in [0.25, 0.3) is 0 Å². The Hall–Kier alpha value is -3.85. The Kier molecular flexibility index (Phi) is 11.8. The molecule has 9 heteroatoms. The normalized spacial score (nSPS) is 11.9. The van der Waals surface area contributed by atoms with Crippen molar-refractivity contribution >= 4 is 27.5 Å². The molecule has 0 aliphatic rings. The average Bonchev–Trinajstić information content (AvgIpc) is 2.94. The van der Waals surface area contributed by atoms with E-state index in [1.54, 1.807) is 24.3 Å². The SMILES string of the molecule is CCCCNC(=O)[C@@H](Cc1ccccc1)N(Cc1cccc(C)c1)C(=O)CN(c1ccccc1OCC)S(C)(=O)=O. The second kappa shape index (κ2) is 15.2. The van der Waals surface area contributed by atoms with Crippen molar-refractivity contribution in [3.05, 3.63) is 95.6 Å². The van der Waals surface area contributed by atoms with Crippen LogP contribution >= 0.6 is 0 Å². The van der Waals surface area contributed by atoms with Crippen LogP contribution in [0.5, 0.6) is 5.75 Å². The van der Waals surface area contributed by atoms with E-state index in [0.717, 1.165) is 40.1 Å². The molecule has 2 amide bonds. The van der Waals surface area contributed by atoms with Gasteiger partial charge in [-0.05, 0) is 43.5 Å². The molecule has 1 atom stereocenters. The quantitative estimate of drug-likeness (QED) is 0.263. The van der Waals surface area contributed by atoms with Gasteiger partial charge in [-0.25, -0.2) is 8.42 Å². The van der Waals surface area contributed by atoms with Crippen molar-refractivity contribution < 1.29 is 22.7 Å². The first-order valence-electron chi connectivity index (χ1n) is 14.0. The molecule has 0 aliphatic heterocycles. The van der Waals surface area contributed by atoms with Crippen LogP contribution in [-0.4, -0.2) is 57.1 Å². The first-order valence-corrected chi connectivity index (χ1v) is 15.8. The highest BCUT2D eigenvalue weighted by Gasteiger charge is 2.33. The number of carbonyl (C=O) groups is 2. The molecule has 0 bridgehead atoms. The summed E-state index contributed by atoms with van der Waals surface area (Å²) in [6, 6.07) is 23.1. The van der Waals surface area contributed by atoms with E-state index in [1.165, 1.54) is 4.90 Å². The zero-order valence-corrected chi connectivity index (χ0v) is 25.2. The topological polar surface area (TPSA) is 96.0 Å². The Labute approximate surface area is 244 Å². The monoisotopic (exact) mass is 579 g/mol. The van der Waals surface area contributed by atoms with E-state index in [1.807, 2.05) is 75.4 Å². The number of rotatable bonds is 15. The van der Waals surface area contributed by atoms with E-state index < -0.39 is 28.5 Å². The van der Waals surface area contributed by atoms with Gasteiger partial charge in [0.15, 0.2) is 0 Å². The summed E-state index contributed by atoms with van der Waals surface area (Å²) in [5.74, 6) is -0.407. The Morgan fingerprint density at radius 2 is 1.61 bits per heavy atom. The molecule has 220 valence electrons. The molecule has 0 unspecified atom stereocenters. The molecule has 0 aliphatic carbocycles. The molecule has 0 radical (unpaired) electrons. The number of para-hydroxylation sites is 2. The molecule has 1 N–H and O–H groups in total. The number of nitrogens with one attached hydrogen (secondary N) is 1. The van der Waals surface area contributed by atoms with Gasteiger partial charge in [-0.3, -0.25) is 13.9 Å². The van der Waals surface area contributed by atoms with Gasteiger partial charge < -0.3 is 15.0 Å². The molecule has 0 spiro atoms. The molecule has 0 saturated heterocycles. The number of ether oxygens (including phenoxy) is 1. The van der Waals surface area contributed by atoms with Crippen molar-refractivity contribution in [1.29, 1.82) is 0 Å². The van der Waals surface area contributed by atoms with Crippen LogP contribution in [-0.2, 0) is 32.6 Å². The average molecular weight is 580 g/mol. The van der Waals surface area contributed by atoms with Crippen LogP contribution in [0.3, 0.4) is 0 Å². The van der Waals surface area contributed by atoms with Gasteiger partial charge in [-0.2, -0.15) is 0 Å². The van der Waals surface area contributed by atoms with Gasteiger partial charge in [-0.15, -0.1) is 0 Å². The summed E-state index contributed by atoms with van der Waals surface area (Å²) in [5.41, 5.74) is 3.03. The Bertz CT molecular complexity index is 1400. The number of hydrogen-bond donors (Lipinski definition) is 1. The van der Waals surface area contributed by atoms with Gasteiger partial charge in [-0.1, -0.05) is 85.6 Å². The van der Waals surface area contributed by atoms with Crippen molar-refractivity contribution in [3.8, 4) is 5.75 Å². The Balaban J connectivity index is 2.06. The van der Waals surface area contributed by atoms with Gasteiger partial charge in [0.25, 0.3) is 0 Å². The number of anilines is 1. The number of carbonyl (C=O) groups excluding carboxylic acids is 2. The molecule has 8 nitrogen and oxygen atoms in total. The van der Waals surface area contributed by atoms with E-state index >= 15 is 0 Å². The molecule has 0 aromatic heterocycles. The largest absolute Gasteiger partial charge is 0.492 e. The second-order valence-corrected chi connectivity index (χ2v) is 11.9. The number of aryl methyl sites for hydroxylation is 1. The van der Waals surface area contributed by atoms with E-state index in [9.17, 15) is 18.0 Å². The van der Waals surface area contributed by atoms with Crippen molar-refractivity contribution in [2.75, 3.05) is 30.3 Å². The van der Waals surface area contributed by atoms with Crippen LogP contribution in [0.1, 0.15) is 43.4 Å². The van der Waals surface area contributed by atoms with Crippen LogP contribution in [0.2, 0.25) is 0 Å². The minimum absolute atomic E-state index is 0.143. The fraction of sp³-hybridized carbons (Fsp3) is 0.375. The summed E-state index contributed by atoms with van der Waals surface area (Å²) in [4.78, 5) is 29.4. The van der Waals surface area contributed by atoms with Gasteiger partial charge in [0.05, 0.1) is 18.6 Å². The molecule has 0 heterocycles. The van der Waals surface area contributed by atoms with Crippen LogP contribution < -0.4 is 14.4 Å². The zero-order chi connectivity index (χ0) is 29.8. The number of benzene rings is 3. The molecule has 3 rings (SSSR count). The van der Waals surface area contributed by atoms with Crippen molar-refractivity contribution in [2.45, 2.75) is 52.6 Å². The summed E-state index contributed by atoms with van der Waals surface area (Å²) in [5, 5.41) is 2.99. The van der Waals surface area contributed by atoms with E-state index in [-0.39, 0.29) is 24.6 Å². The maximum absolute atomic E-state index is 14.2. The minimum Gasteiger partial charge on any atom is -0.492 e. The molecular weight excluding hydrogens is 538 g/mol. The number of nitrogens with zero attached hydrogens (tertiary/aromatic N) is 2. The standard InChI is InChI=1S/C32H41N3O5S/c1-5-7-20-33-32(37)29(22-26-15-9-8-10-16-26)34(23-27-17-13-14-25(3)21-27)31(36)24-35(41(4,38)39)28-18-11-12-19-30(28)40-6-2/h8-19,21,29H,5-7,20,22-24H2,1-4H3,(H,33,37)/t29-/m1/s1. The van der Waals surface area contributed by atoms with Crippen LogP contribution in [0, 0.1) is 6.92 Å². The van der Waals surface area contributed by atoms with Crippen LogP contribution in [0.4, 0.5) is 5.69 Å². The van der Waals surface area contributed by atoms with Crippen molar-refractivity contribution in [3.63, 3.8) is 0 Å². The van der Waals surface area contributed by atoms with Gasteiger partial charge >= 0.3 is 0 Å². The lowest BCUT2D eigenvalue weighted by Crippen LogP contribution is -2.53. The summed E-state index contributed by atoms with van der Waals surface area (Å²) in [6.45, 7) is 6.29. The summed E-state index contributed by atoms with van der Waals surface area (Å²) in [6.07, 6.45) is 3.07. The Morgan fingerprint density at radius 3 is 2.27 bits per heavy atom. The van der Waals surface area contributed by atoms with E-state index in [2.05, 4.69) is 5.32 Å². The molecular formula is C32H41N3O5S. The maximum atomic E-state index is 14.2. The van der Waals surface area contributed by atoms with E-state index in [0.29, 0.717) is 18.9 Å². The molecule has 41 heavy (non-hydrogen) atoms. The fourth-order valence-electron chi connectivity index (χ4n) is 4.60. The highest BCUT2D eigenvalue weighted by Crippen LogP contribution is 2.30. The lowest BCUT2D eigenvalue weighted by atomic mass is 10.0. The number of sulfonamides is 1. The van der Waals surface area contributed by atoms with Crippen LogP contribution in [0.15, 0.2) is 78.9 Å². The number of unbranched alkanes of at least 4 members (excludes halogenated alkanes) is 1. The lowest BCUT2D eigenvalue weighted by molar-refractivity contribution is -0.140. The third-order valence-electron chi connectivity index (χ3n) is 6.65. The number of amides is 2. The minimum atomic E-state index is -3.88. The van der Waals surface area contributed by atoms with E-state index in [4.69, 9.17) is 4.74 Å². The Morgan fingerprint density at radius 1 is 0.927 bits per heavy atom. The van der Waals surface area contributed by atoms with Crippen molar-refractivity contribution in [2.24, 2.45) is 0 Å². The molecule has 0 saturated carbocycles. The zero-order valence-electron chi connectivity index (χ0n) is 24.4. The highest BCUT2D eigenvalue weighted by molar-refractivity contribution is 7.92. The molecule has 0 fully saturated rings. The van der Waals surface area contributed by atoms with Gasteiger partial charge in [0.1, 0.15) is 18.3 Å².